The molecule has 2 aliphatic rings. The molecule has 1 N–H and O–H groups in total. The SMILES string of the molecule is O=C(NCc1ccccc1)N1CC[C@@H]2CCN(Cc3ccccn3)CC[C@@H]21. The zero-order valence-electron chi connectivity index (χ0n) is 15.8. The summed E-state index contributed by atoms with van der Waals surface area (Å²) >= 11 is 0. The molecule has 4 rings (SSSR count). The molecule has 5 nitrogen and oxygen atoms in total. The van der Waals surface area contributed by atoms with Crippen LogP contribution in [0, 0.1) is 5.92 Å². The Kier molecular flexibility index (Phi) is 5.68. The third kappa shape index (κ3) is 4.48. The van der Waals surface area contributed by atoms with Gasteiger partial charge in [0, 0.05) is 38.4 Å². The molecule has 2 amide bonds. The summed E-state index contributed by atoms with van der Waals surface area (Å²) < 4.78 is 0. The van der Waals surface area contributed by atoms with Crippen molar-refractivity contribution in [3.05, 3.63) is 66.0 Å². The van der Waals surface area contributed by atoms with E-state index in [9.17, 15) is 4.79 Å². The van der Waals surface area contributed by atoms with E-state index in [2.05, 4.69) is 26.2 Å². The molecule has 0 saturated carbocycles. The predicted molar refractivity (Wildman–Crippen MR) is 106 cm³/mol. The lowest BCUT2D eigenvalue weighted by Crippen LogP contribution is -2.44. The highest BCUT2D eigenvalue weighted by molar-refractivity contribution is 5.75. The lowest BCUT2D eigenvalue weighted by Gasteiger charge is -2.27. The van der Waals surface area contributed by atoms with Gasteiger partial charge >= 0.3 is 6.03 Å². The number of urea groups is 1. The zero-order chi connectivity index (χ0) is 18.5. The van der Waals surface area contributed by atoms with Gasteiger partial charge < -0.3 is 10.2 Å². The number of amides is 2. The van der Waals surface area contributed by atoms with E-state index in [0.29, 0.717) is 18.5 Å². The number of hydrogen-bond acceptors (Lipinski definition) is 3. The second kappa shape index (κ2) is 8.53. The molecule has 5 heteroatoms. The summed E-state index contributed by atoms with van der Waals surface area (Å²) in [7, 11) is 0. The molecule has 1 aromatic carbocycles. The number of rotatable bonds is 4. The second-order valence-corrected chi connectivity index (χ2v) is 7.63. The van der Waals surface area contributed by atoms with Crippen molar-refractivity contribution in [1.82, 2.24) is 20.1 Å². The van der Waals surface area contributed by atoms with E-state index in [0.717, 1.165) is 50.3 Å². The van der Waals surface area contributed by atoms with Gasteiger partial charge in [-0.05, 0) is 49.4 Å². The van der Waals surface area contributed by atoms with Crippen LogP contribution in [0.4, 0.5) is 4.79 Å². The fourth-order valence-electron chi connectivity index (χ4n) is 4.43. The summed E-state index contributed by atoms with van der Waals surface area (Å²) in [5.41, 5.74) is 2.27. The Labute approximate surface area is 161 Å². The standard InChI is InChI=1S/C22H28N4O/c27-22(24-16-18-6-2-1-3-7-18)26-15-10-19-9-13-25(14-11-21(19)26)17-20-8-4-5-12-23-20/h1-8,12,19,21H,9-11,13-17H2,(H,24,27)/t19-,21-/m0/s1. The second-order valence-electron chi connectivity index (χ2n) is 7.63. The van der Waals surface area contributed by atoms with E-state index in [1.54, 1.807) is 0 Å². The minimum atomic E-state index is 0.0875. The molecule has 1 aromatic heterocycles. The number of fused-ring (bicyclic) bond motifs is 1. The minimum Gasteiger partial charge on any atom is -0.334 e. The lowest BCUT2D eigenvalue weighted by molar-refractivity contribution is 0.180. The smallest absolute Gasteiger partial charge is 0.317 e. The first kappa shape index (κ1) is 18.0. The van der Waals surface area contributed by atoms with Gasteiger partial charge in [-0.25, -0.2) is 4.79 Å². The van der Waals surface area contributed by atoms with E-state index in [1.165, 1.54) is 6.42 Å². The van der Waals surface area contributed by atoms with Gasteiger partial charge in [-0.15, -0.1) is 0 Å². The Bertz CT molecular complexity index is 736. The molecule has 2 aromatic rings. The number of nitrogens with one attached hydrogen (secondary N) is 1. The highest BCUT2D eigenvalue weighted by Crippen LogP contribution is 2.32. The van der Waals surface area contributed by atoms with E-state index in [-0.39, 0.29) is 6.03 Å². The summed E-state index contributed by atoms with van der Waals surface area (Å²) in [5, 5.41) is 3.11. The largest absolute Gasteiger partial charge is 0.334 e. The maximum absolute atomic E-state index is 12.7. The Morgan fingerprint density at radius 3 is 2.59 bits per heavy atom. The van der Waals surface area contributed by atoms with Crippen molar-refractivity contribution < 1.29 is 4.79 Å². The van der Waals surface area contributed by atoms with Crippen molar-refractivity contribution in [3.8, 4) is 0 Å². The molecule has 142 valence electrons. The molecule has 0 radical (unpaired) electrons. The van der Waals surface area contributed by atoms with Crippen molar-refractivity contribution >= 4 is 6.03 Å². The molecular weight excluding hydrogens is 336 g/mol. The van der Waals surface area contributed by atoms with Crippen molar-refractivity contribution in [1.29, 1.82) is 0 Å². The number of benzene rings is 1. The van der Waals surface area contributed by atoms with Crippen LogP contribution in [0.3, 0.4) is 0 Å². The number of likely N-dealkylation sites (tertiary alicyclic amines) is 2. The van der Waals surface area contributed by atoms with Gasteiger partial charge in [0.1, 0.15) is 0 Å². The van der Waals surface area contributed by atoms with E-state index in [1.807, 2.05) is 48.7 Å². The maximum atomic E-state index is 12.7. The molecule has 0 aliphatic carbocycles. The van der Waals surface area contributed by atoms with Crippen LogP contribution >= 0.6 is 0 Å². The number of hydrogen-bond donors (Lipinski definition) is 1. The van der Waals surface area contributed by atoms with Crippen molar-refractivity contribution in [2.75, 3.05) is 19.6 Å². The quantitative estimate of drug-likeness (QED) is 0.906. The van der Waals surface area contributed by atoms with Gasteiger partial charge in [0.05, 0.1) is 5.69 Å². The average molecular weight is 364 g/mol. The van der Waals surface area contributed by atoms with Crippen LogP contribution in [0.5, 0.6) is 0 Å². The van der Waals surface area contributed by atoms with Crippen molar-refractivity contribution in [2.45, 2.75) is 38.4 Å². The maximum Gasteiger partial charge on any atom is 0.317 e. The Morgan fingerprint density at radius 2 is 1.78 bits per heavy atom. The molecule has 3 heterocycles. The molecular formula is C22H28N4O. The fourth-order valence-corrected chi connectivity index (χ4v) is 4.43. The van der Waals surface area contributed by atoms with Crippen LogP contribution < -0.4 is 5.32 Å². The summed E-state index contributed by atoms with van der Waals surface area (Å²) in [6.07, 6.45) is 5.21. The topological polar surface area (TPSA) is 48.5 Å². The third-order valence-corrected chi connectivity index (χ3v) is 5.90. The average Bonchev–Trinajstić information content (AvgIpc) is 3.02. The molecule has 0 spiro atoms. The number of carbonyl (C=O) groups excluding carboxylic acids is 1. The summed E-state index contributed by atoms with van der Waals surface area (Å²) in [6.45, 7) is 4.51. The zero-order valence-corrected chi connectivity index (χ0v) is 15.8. The van der Waals surface area contributed by atoms with Crippen molar-refractivity contribution in [2.24, 2.45) is 5.92 Å². The fraction of sp³-hybridized carbons (Fsp3) is 0.455. The number of nitrogens with zero attached hydrogens (tertiary/aromatic N) is 3. The first-order chi connectivity index (χ1) is 13.3. The lowest BCUT2D eigenvalue weighted by atomic mass is 9.96. The first-order valence-electron chi connectivity index (χ1n) is 10.0. The van der Waals surface area contributed by atoms with Gasteiger partial charge in [-0.2, -0.15) is 0 Å². The van der Waals surface area contributed by atoms with Crippen LogP contribution in [0.1, 0.15) is 30.5 Å². The molecule has 2 fully saturated rings. The summed E-state index contributed by atoms with van der Waals surface area (Å²) in [4.78, 5) is 21.8. The normalized spacial score (nSPS) is 22.9. The van der Waals surface area contributed by atoms with Gasteiger partial charge in [0.2, 0.25) is 0 Å². The third-order valence-electron chi connectivity index (χ3n) is 5.90. The molecule has 27 heavy (non-hydrogen) atoms. The van der Waals surface area contributed by atoms with Gasteiger partial charge in [-0.1, -0.05) is 36.4 Å². The Morgan fingerprint density at radius 1 is 1.00 bits per heavy atom. The Balaban J connectivity index is 1.32. The number of aromatic nitrogens is 1. The van der Waals surface area contributed by atoms with Gasteiger partial charge in [0.15, 0.2) is 0 Å². The summed E-state index contributed by atoms with van der Waals surface area (Å²) in [5.74, 6) is 0.626. The molecule has 0 bridgehead atoms. The van der Waals surface area contributed by atoms with Gasteiger partial charge in [0.25, 0.3) is 0 Å². The van der Waals surface area contributed by atoms with Crippen LogP contribution in [-0.4, -0.2) is 46.5 Å². The minimum absolute atomic E-state index is 0.0875. The van der Waals surface area contributed by atoms with E-state index >= 15 is 0 Å². The van der Waals surface area contributed by atoms with Crippen LogP contribution in [0.15, 0.2) is 54.7 Å². The van der Waals surface area contributed by atoms with E-state index in [4.69, 9.17) is 0 Å². The first-order valence-corrected chi connectivity index (χ1v) is 10.0. The van der Waals surface area contributed by atoms with Crippen LogP contribution in [0.25, 0.3) is 0 Å². The van der Waals surface area contributed by atoms with Crippen LogP contribution in [-0.2, 0) is 13.1 Å². The molecule has 2 aliphatic heterocycles. The molecule has 0 unspecified atom stereocenters. The highest BCUT2D eigenvalue weighted by atomic mass is 16.2. The highest BCUT2D eigenvalue weighted by Gasteiger charge is 2.38. The number of carbonyl (C=O) groups is 1. The van der Waals surface area contributed by atoms with Crippen LogP contribution in [0.2, 0.25) is 0 Å². The Hall–Kier alpha value is -2.40. The monoisotopic (exact) mass is 364 g/mol. The van der Waals surface area contributed by atoms with Gasteiger partial charge in [-0.3, -0.25) is 9.88 Å². The number of pyridine rings is 1. The predicted octanol–water partition coefficient (Wildman–Crippen LogP) is 3.28. The molecule has 2 atom stereocenters. The molecule has 2 saturated heterocycles. The van der Waals surface area contributed by atoms with Crippen molar-refractivity contribution in [3.63, 3.8) is 0 Å². The van der Waals surface area contributed by atoms with E-state index < -0.39 is 0 Å². The summed E-state index contributed by atoms with van der Waals surface area (Å²) in [6, 6.07) is 16.7.